The summed E-state index contributed by atoms with van der Waals surface area (Å²) in [5.41, 5.74) is 2.11. The summed E-state index contributed by atoms with van der Waals surface area (Å²) in [6.07, 6.45) is 2.53. The second-order valence-electron chi connectivity index (χ2n) is 5.07. The molecule has 3 N–H and O–H groups in total. The predicted molar refractivity (Wildman–Crippen MR) is 74.6 cm³/mol. The number of benzene rings is 1. The van der Waals surface area contributed by atoms with Crippen molar-refractivity contribution in [3.63, 3.8) is 0 Å². The lowest BCUT2D eigenvalue weighted by molar-refractivity contribution is -0.120. The fourth-order valence-corrected chi connectivity index (χ4v) is 2.47. The highest BCUT2D eigenvalue weighted by atomic mass is 16.5. The number of H-pyrrole nitrogens is 2. The van der Waals surface area contributed by atoms with E-state index in [2.05, 4.69) is 15.3 Å². The maximum atomic E-state index is 11.9. The molecule has 1 atom stereocenters. The van der Waals surface area contributed by atoms with E-state index in [0.29, 0.717) is 13.0 Å². The van der Waals surface area contributed by atoms with Gasteiger partial charge in [0.2, 0.25) is 5.91 Å². The number of carbonyl (C=O) groups excluding carboxylic acids is 1. The van der Waals surface area contributed by atoms with E-state index < -0.39 is 0 Å². The zero-order valence-corrected chi connectivity index (χ0v) is 11.1. The van der Waals surface area contributed by atoms with Crippen molar-refractivity contribution in [2.45, 2.75) is 25.4 Å². The van der Waals surface area contributed by atoms with Crippen LogP contribution < -0.4 is 11.0 Å². The molecule has 6 nitrogen and oxygen atoms in total. The molecule has 3 rings (SSSR count). The molecule has 106 valence electrons. The van der Waals surface area contributed by atoms with Gasteiger partial charge in [-0.05, 0) is 30.5 Å². The Labute approximate surface area is 115 Å². The number of amides is 1. The van der Waals surface area contributed by atoms with Crippen molar-refractivity contribution in [1.29, 1.82) is 0 Å². The van der Waals surface area contributed by atoms with Gasteiger partial charge in [0.05, 0.1) is 23.6 Å². The third-order valence-electron chi connectivity index (χ3n) is 3.50. The zero-order chi connectivity index (χ0) is 13.9. The van der Waals surface area contributed by atoms with Crippen molar-refractivity contribution < 1.29 is 9.53 Å². The van der Waals surface area contributed by atoms with Gasteiger partial charge in [0, 0.05) is 13.2 Å². The van der Waals surface area contributed by atoms with Crippen molar-refractivity contribution in [3.05, 3.63) is 34.2 Å². The maximum Gasteiger partial charge on any atom is 0.323 e. The van der Waals surface area contributed by atoms with Gasteiger partial charge in [-0.15, -0.1) is 0 Å². The van der Waals surface area contributed by atoms with Crippen LogP contribution in [0.1, 0.15) is 18.4 Å². The molecule has 0 radical (unpaired) electrons. The molecular weight excluding hydrogens is 258 g/mol. The maximum absolute atomic E-state index is 11.9. The molecular formula is C14H17N3O3. The smallest absolute Gasteiger partial charge is 0.323 e. The van der Waals surface area contributed by atoms with Crippen LogP contribution in [0.5, 0.6) is 0 Å². The third kappa shape index (κ3) is 2.91. The lowest BCUT2D eigenvalue weighted by Crippen LogP contribution is -2.32. The van der Waals surface area contributed by atoms with Crippen LogP contribution in [-0.4, -0.2) is 35.1 Å². The lowest BCUT2D eigenvalue weighted by Gasteiger charge is -2.10. The Hall–Kier alpha value is -2.08. The van der Waals surface area contributed by atoms with Crippen LogP contribution in [0.3, 0.4) is 0 Å². The van der Waals surface area contributed by atoms with E-state index in [9.17, 15) is 9.59 Å². The summed E-state index contributed by atoms with van der Waals surface area (Å²) in [6.45, 7) is 1.36. The van der Waals surface area contributed by atoms with Crippen LogP contribution in [0.2, 0.25) is 0 Å². The van der Waals surface area contributed by atoms with Crippen LogP contribution in [-0.2, 0) is 16.0 Å². The fourth-order valence-electron chi connectivity index (χ4n) is 2.47. The van der Waals surface area contributed by atoms with Gasteiger partial charge < -0.3 is 20.0 Å². The predicted octanol–water partition coefficient (Wildman–Crippen LogP) is 0.694. The molecule has 2 heterocycles. The van der Waals surface area contributed by atoms with Crippen LogP contribution >= 0.6 is 0 Å². The van der Waals surface area contributed by atoms with Crippen molar-refractivity contribution in [3.8, 4) is 0 Å². The summed E-state index contributed by atoms with van der Waals surface area (Å²) < 4.78 is 5.46. The first-order valence-corrected chi connectivity index (χ1v) is 6.80. The van der Waals surface area contributed by atoms with Crippen LogP contribution in [0, 0.1) is 0 Å². The molecule has 6 heteroatoms. The number of hydrogen-bond acceptors (Lipinski definition) is 3. The monoisotopic (exact) mass is 275 g/mol. The number of imidazole rings is 1. The number of hydrogen-bond donors (Lipinski definition) is 3. The molecule has 0 saturated carbocycles. The summed E-state index contributed by atoms with van der Waals surface area (Å²) >= 11 is 0. The minimum absolute atomic E-state index is 0.0299. The van der Waals surface area contributed by atoms with Gasteiger partial charge in [-0.2, -0.15) is 0 Å². The van der Waals surface area contributed by atoms with E-state index in [1.165, 1.54) is 0 Å². The van der Waals surface area contributed by atoms with E-state index in [0.717, 1.165) is 36.0 Å². The third-order valence-corrected chi connectivity index (χ3v) is 3.50. The molecule has 0 aliphatic carbocycles. The first kappa shape index (κ1) is 12.9. The molecule has 1 unspecified atom stereocenters. The molecule has 1 aromatic heterocycles. The Kier molecular flexibility index (Phi) is 3.56. The number of ether oxygens (including phenoxy) is 1. The molecule has 1 aliphatic rings. The highest BCUT2D eigenvalue weighted by Gasteiger charge is 2.16. The van der Waals surface area contributed by atoms with Gasteiger partial charge in [0.15, 0.2) is 0 Å². The number of aromatic amines is 2. The van der Waals surface area contributed by atoms with Gasteiger partial charge in [0.1, 0.15) is 0 Å². The van der Waals surface area contributed by atoms with Crippen LogP contribution in [0.15, 0.2) is 23.0 Å². The highest BCUT2D eigenvalue weighted by molar-refractivity contribution is 5.81. The van der Waals surface area contributed by atoms with E-state index in [4.69, 9.17) is 4.74 Å². The average molecular weight is 275 g/mol. The number of nitrogens with one attached hydrogen (secondary N) is 3. The first-order valence-electron chi connectivity index (χ1n) is 6.80. The molecule has 0 spiro atoms. The Bertz CT molecular complexity index is 668. The molecule has 1 aromatic carbocycles. The van der Waals surface area contributed by atoms with E-state index >= 15 is 0 Å². The zero-order valence-electron chi connectivity index (χ0n) is 11.1. The number of aromatic nitrogens is 2. The molecule has 1 aliphatic heterocycles. The normalized spacial score (nSPS) is 18.5. The second-order valence-corrected chi connectivity index (χ2v) is 5.07. The number of fused-ring (bicyclic) bond motifs is 1. The average Bonchev–Trinajstić information content (AvgIpc) is 3.04. The molecule has 20 heavy (non-hydrogen) atoms. The number of rotatable bonds is 4. The quantitative estimate of drug-likeness (QED) is 0.767. The summed E-state index contributed by atoms with van der Waals surface area (Å²) in [6, 6.07) is 5.46. The van der Waals surface area contributed by atoms with Gasteiger partial charge in [-0.1, -0.05) is 6.07 Å². The van der Waals surface area contributed by atoms with Crippen LogP contribution in [0.4, 0.5) is 0 Å². The van der Waals surface area contributed by atoms with Crippen molar-refractivity contribution in [2.24, 2.45) is 0 Å². The van der Waals surface area contributed by atoms with Gasteiger partial charge in [-0.25, -0.2) is 4.79 Å². The Morgan fingerprint density at radius 1 is 1.35 bits per heavy atom. The second kappa shape index (κ2) is 5.50. The van der Waals surface area contributed by atoms with Gasteiger partial charge in [0.25, 0.3) is 0 Å². The fraction of sp³-hybridized carbons (Fsp3) is 0.429. The Balaban J connectivity index is 1.60. The van der Waals surface area contributed by atoms with Crippen LogP contribution in [0.25, 0.3) is 11.0 Å². The Morgan fingerprint density at radius 2 is 2.20 bits per heavy atom. The molecule has 1 amide bonds. The minimum atomic E-state index is -0.236. The van der Waals surface area contributed by atoms with Crippen molar-refractivity contribution in [2.75, 3.05) is 13.2 Å². The van der Waals surface area contributed by atoms with Gasteiger partial charge >= 0.3 is 5.69 Å². The molecule has 2 aromatic rings. The van der Waals surface area contributed by atoms with E-state index in [-0.39, 0.29) is 17.7 Å². The Morgan fingerprint density at radius 3 is 3.00 bits per heavy atom. The van der Waals surface area contributed by atoms with Gasteiger partial charge in [-0.3, -0.25) is 4.79 Å². The molecule has 1 saturated heterocycles. The summed E-state index contributed by atoms with van der Waals surface area (Å²) in [4.78, 5) is 28.4. The highest BCUT2D eigenvalue weighted by Crippen LogP contribution is 2.12. The number of carbonyl (C=O) groups is 1. The molecule has 1 fully saturated rings. The van der Waals surface area contributed by atoms with E-state index in [1.54, 1.807) is 6.07 Å². The summed E-state index contributed by atoms with van der Waals surface area (Å²) in [5.74, 6) is -0.0299. The first-order chi connectivity index (χ1) is 9.70. The van der Waals surface area contributed by atoms with Crippen molar-refractivity contribution in [1.82, 2.24) is 15.3 Å². The summed E-state index contributed by atoms with van der Waals surface area (Å²) in [5, 5.41) is 2.88. The van der Waals surface area contributed by atoms with Crippen molar-refractivity contribution >= 4 is 16.9 Å². The largest absolute Gasteiger partial charge is 0.376 e. The molecule has 0 bridgehead atoms. The standard InChI is InChI=1S/C14H17N3O3/c18-13(15-8-10-2-1-5-20-10)7-9-3-4-11-12(6-9)17-14(19)16-11/h3-4,6,10H,1-2,5,7-8H2,(H,15,18)(H2,16,17,19). The summed E-state index contributed by atoms with van der Waals surface area (Å²) in [7, 11) is 0. The lowest BCUT2D eigenvalue weighted by atomic mass is 10.1. The minimum Gasteiger partial charge on any atom is -0.376 e. The van der Waals surface area contributed by atoms with E-state index in [1.807, 2.05) is 12.1 Å². The topological polar surface area (TPSA) is 87.0 Å². The SMILES string of the molecule is O=C(Cc1ccc2[nH]c(=O)[nH]c2c1)NCC1CCCO1.